The molecule has 0 bridgehead atoms. The van der Waals surface area contributed by atoms with Crippen molar-refractivity contribution in [2.45, 2.75) is 0 Å². The van der Waals surface area contributed by atoms with Crippen LogP contribution in [-0.4, -0.2) is 24.5 Å². The molecule has 0 aliphatic rings. The number of para-hydroxylation sites is 1. The summed E-state index contributed by atoms with van der Waals surface area (Å²) in [6.07, 6.45) is 1.86. The Balaban J connectivity index is 1.32. The minimum Gasteiger partial charge on any atom is -0.278 e. The topological polar surface area (TPSA) is 56.5 Å². The van der Waals surface area contributed by atoms with Gasteiger partial charge in [0.2, 0.25) is 5.95 Å². The predicted octanol–water partition coefficient (Wildman–Crippen LogP) is 9.73. The molecule has 0 saturated heterocycles. The molecule has 0 saturated carbocycles. The van der Waals surface area contributed by atoms with Gasteiger partial charge in [0.25, 0.3) is 0 Å². The Hall–Kier alpha value is -5.72. The fourth-order valence-electron chi connectivity index (χ4n) is 6.13. The molecule has 9 aromatic rings. The van der Waals surface area contributed by atoms with E-state index in [0.29, 0.717) is 17.6 Å². The lowest BCUT2D eigenvalue weighted by Gasteiger charge is -2.11. The number of thiophene rings is 1. The number of nitrogens with zero attached hydrogens (tertiary/aromatic N) is 5. The Morgan fingerprint density at radius 3 is 1.84 bits per heavy atom. The Morgan fingerprint density at radius 2 is 1.07 bits per heavy atom. The van der Waals surface area contributed by atoms with Crippen molar-refractivity contribution < 1.29 is 0 Å². The highest BCUT2D eigenvalue weighted by Crippen LogP contribution is 2.42. The second kappa shape index (κ2) is 9.93. The molecule has 9 rings (SSSR count). The lowest BCUT2D eigenvalue weighted by Crippen LogP contribution is -2.06. The maximum Gasteiger partial charge on any atom is 0.238 e. The normalized spacial score (nSPS) is 11.6. The van der Waals surface area contributed by atoms with Crippen LogP contribution < -0.4 is 0 Å². The summed E-state index contributed by atoms with van der Waals surface area (Å²) in [5, 5.41) is 4.74. The summed E-state index contributed by atoms with van der Waals surface area (Å²) in [5.74, 6) is 1.85. The molecule has 6 heteroatoms. The molecule has 0 aliphatic carbocycles. The second-order valence-corrected chi connectivity index (χ2v) is 11.8. The fraction of sp³-hybridized carbons (Fsp3) is 0. The van der Waals surface area contributed by atoms with Crippen molar-refractivity contribution in [2.75, 3.05) is 0 Å². The molecule has 0 unspecified atom stereocenters. The molecule has 0 atom stereocenters. The molecule has 0 radical (unpaired) electrons. The van der Waals surface area contributed by atoms with Gasteiger partial charge in [0.1, 0.15) is 4.83 Å². The monoisotopic (exact) mass is 581 g/mol. The van der Waals surface area contributed by atoms with E-state index in [1.807, 2.05) is 48.7 Å². The van der Waals surface area contributed by atoms with Crippen LogP contribution in [-0.2, 0) is 0 Å². The first-order chi connectivity index (χ1) is 21.8. The lowest BCUT2D eigenvalue weighted by molar-refractivity contribution is 0.953. The number of fused-ring (bicyclic) bond motifs is 7. The summed E-state index contributed by atoms with van der Waals surface area (Å²) in [6, 6.07) is 46.0. The molecule has 5 nitrogen and oxygen atoms in total. The number of hydrogen-bond donors (Lipinski definition) is 0. The van der Waals surface area contributed by atoms with Crippen LogP contribution in [0.25, 0.3) is 82.0 Å². The van der Waals surface area contributed by atoms with Crippen molar-refractivity contribution in [2.24, 2.45) is 0 Å². The molecule has 0 amide bonds. The first-order valence-electron chi connectivity index (χ1n) is 14.5. The summed E-state index contributed by atoms with van der Waals surface area (Å²) < 4.78 is 3.40. The van der Waals surface area contributed by atoms with Crippen LogP contribution in [0.3, 0.4) is 0 Å². The number of pyridine rings is 1. The van der Waals surface area contributed by atoms with Crippen LogP contribution in [0, 0.1) is 0 Å². The third kappa shape index (κ3) is 3.92. The van der Waals surface area contributed by atoms with E-state index in [1.165, 1.54) is 26.4 Å². The summed E-state index contributed by atoms with van der Waals surface area (Å²) >= 11 is 1.73. The number of hydrogen-bond acceptors (Lipinski definition) is 5. The Labute approximate surface area is 256 Å². The quantitative estimate of drug-likeness (QED) is 0.208. The van der Waals surface area contributed by atoms with Gasteiger partial charge in [-0.15, -0.1) is 11.3 Å². The van der Waals surface area contributed by atoms with Gasteiger partial charge in [0.05, 0.1) is 11.0 Å². The van der Waals surface area contributed by atoms with Crippen LogP contribution in [0.2, 0.25) is 0 Å². The van der Waals surface area contributed by atoms with E-state index >= 15 is 0 Å². The molecular weight excluding hydrogens is 559 g/mol. The molecule has 4 heterocycles. The zero-order valence-electron chi connectivity index (χ0n) is 23.4. The SMILES string of the molecule is c1ccc(-c2ccc(-c3nc(-c4ccccc4)nc(-n4c5ccccc5c5c6c(ccc54)sc4ncccc46)n3)cc2)cc1. The minimum absolute atomic E-state index is 0.587. The van der Waals surface area contributed by atoms with Crippen LogP contribution >= 0.6 is 11.3 Å². The van der Waals surface area contributed by atoms with E-state index in [0.717, 1.165) is 37.9 Å². The van der Waals surface area contributed by atoms with Crippen LogP contribution in [0.1, 0.15) is 0 Å². The average molecular weight is 582 g/mol. The van der Waals surface area contributed by atoms with E-state index in [-0.39, 0.29) is 0 Å². The van der Waals surface area contributed by atoms with Crippen LogP contribution in [0.5, 0.6) is 0 Å². The zero-order chi connectivity index (χ0) is 29.0. The lowest BCUT2D eigenvalue weighted by atomic mass is 10.0. The standard InChI is InChI=1S/C38H23N5S/c1-3-10-24(11-4-1)25-17-19-27(20-18-25)36-40-35(26-12-5-2-6-13-26)41-38(42-36)43-30-16-8-7-14-28(30)33-31(43)21-22-32-34(33)29-15-9-23-39-37(29)44-32/h1-23H. The van der Waals surface area contributed by atoms with Gasteiger partial charge >= 0.3 is 0 Å². The fourth-order valence-corrected chi connectivity index (χ4v) is 7.18. The maximum atomic E-state index is 5.14. The van der Waals surface area contributed by atoms with Crippen LogP contribution in [0.15, 0.2) is 140 Å². The molecule has 5 aromatic carbocycles. The van der Waals surface area contributed by atoms with E-state index in [2.05, 4.69) is 101 Å². The van der Waals surface area contributed by atoms with Gasteiger partial charge in [-0.05, 0) is 41.5 Å². The third-order valence-corrected chi connectivity index (χ3v) is 9.23. The van der Waals surface area contributed by atoms with E-state index < -0.39 is 0 Å². The van der Waals surface area contributed by atoms with Gasteiger partial charge in [-0.3, -0.25) is 4.57 Å². The molecule has 206 valence electrons. The molecule has 0 spiro atoms. The number of rotatable bonds is 4. The minimum atomic E-state index is 0.587. The van der Waals surface area contributed by atoms with Gasteiger partial charge < -0.3 is 0 Å². The Kier molecular flexibility index (Phi) is 5.61. The molecule has 0 N–H and O–H groups in total. The largest absolute Gasteiger partial charge is 0.278 e. The Morgan fingerprint density at radius 1 is 0.455 bits per heavy atom. The van der Waals surface area contributed by atoms with Crippen molar-refractivity contribution in [1.82, 2.24) is 24.5 Å². The zero-order valence-corrected chi connectivity index (χ0v) is 24.2. The molecule has 0 aliphatic heterocycles. The molecular formula is C38H23N5S. The van der Waals surface area contributed by atoms with E-state index in [9.17, 15) is 0 Å². The summed E-state index contributed by atoms with van der Waals surface area (Å²) in [5.41, 5.74) is 6.30. The van der Waals surface area contributed by atoms with Crippen molar-refractivity contribution in [3.05, 3.63) is 140 Å². The van der Waals surface area contributed by atoms with Crippen molar-refractivity contribution in [3.8, 4) is 39.9 Å². The Bertz CT molecular complexity index is 2480. The van der Waals surface area contributed by atoms with E-state index in [4.69, 9.17) is 15.0 Å². The highest BCUT2D eigenvalue weighted by Gasteiger charge is 2.21. The average Bonchev–Trinajstić information content (AvgIpc) is 3.64. The highest BCUT2D eigenvalue weighted by molar-refractivity contribution is 7.25. The second-order valence-electron chi connectivity index (χ2n) is 10.7. The highest BCUT2D eigenvalue weighted by atomic mass is 32.1. The molecule has 44 heavy (non-hydrogen) atoms. The van der Waals surface area contributed by atoms with Crippen molar-refractivity contribution >= 4 is 53.4 Å². The van der Waals surface area contributed by atoms with E-state index in [1.54, 1.807) is 11.3 Å². The van der Waals surface area contributed by atoms with Crippen LogP contribution in [0.4, 0.5) is 0 Å². The van der Waals surface area contributed by atoms with Gasteiger partial charge in [0.15, 0.2) is 11.6 Å². The van der Waals surface area contributed by atoms with Gasteiger partial charge in [0, 0.05) is 43.6 Å². The molecule has 4 aromatic heterocycles. The van der Waals surface area contributed by atoms with Gasteiger partial charge in [-0.1, -0.05) is 103 Å². The van der Waals surface area contributed by atoms with Crippen molar-refractivity contribution in [3.63, 3.8) is 0 Å². The van der Waals surface area contributed by atoms with Crippen molar-refractivity contribution in [1.29, 1.82) is 0 Å². The maximum absolute atomic E-state index is 5.14. The first kappa shape index (κ1) is 24.8. The summed E-state index contributed by atoms with van der Waals surface area (Å²) in [4.78, 5) is 20.9. The summed E-state index contributed by atoms with van der Waals surface area (Å²) in [7, 11) is 0. The molecule has 0 fully saturated rings. The number of aromatic nitrogens is 5. The number of benzene rings is 5. The smallest absolute Gasteiger partial charge is 0.238 e. The summed E-state index contributed by atoms with van der Waals surface area (Å²) in [6.45, 7) is 0. The predicted molar refractivity (Wildman–Crippen MR) is 181 cm³/mol. The van der Waals surface area contributed by atoms with Gasteiger partial charge in [-0.2, -0.15) is 9.97 Å². The third-order valence-electron chi connectivity index (χ3n) is 8.15. The van der Waals surface area contributed by atoms with Gasteiger partial charge in [-0.25, -0.2) is 9.97 Å². The first-order valence-corrected chi connectivity index (χ1v) is 15.3.